The molecule has 0 saturated heterocycles. The second kappa shape index (κ2) is 5.98. The van der Waals surface area contributed by atoms with Crippen LogP contribution in [0.3, 0.4) is 0 Å². The van der Waals surface area contributed by atoms with Crippen molar-refractivity contribution in [3.63, 3.8) is 0 Å². The molecular weight excluding hydrogens is 190 g/mol. The zero-order valence-electron chi connectivity index (χ0n) is 8.68. The van der Waals surface area contributed by atoms with Crippen LogP contribution in [-0.4, -0.2) is 17.1 Å². The first kappa shape index (κ1) is 11.5. The quantitative estimate of drug-likeness (QED) is 0.721. The van der Waals surface area contributed by atoms with E-state index in [0.717, 1.165) is 12.6 Å². The van der Waals surface area contributed by atoms with Gasteiger partial charge in [0.2, 0.25) is 0 Å². The van der Waals surface area contributed by atoms with Crippen LogP contribution in [0.2, 0.25) is 0 Å². The molecule has 0 unspecified atom stereocenters. The number of carboxylic acids is 1. The summed E-state index contributed by atoms with van der Waals surface area (Å²) in [5, 5.41) is 11.6. The zero-order chi connectivity index (χ0) is 11.1. The van der Waals surface area contributed by atoms with E-state index in [0.29, 0.717) is 0 Å². The molecule has 80 valence electrons. The lowest BCUT2D eigenvalue weighted by Gasteiger charge is -2.08. The maximum atomic E-state index is 10.3. The second-order valence-corrected chi connectivity index (χ2v) is 3.35. The molecule has 3 nitrogen and oxygen atoms in total. The van der Waals surface area contributed by atoms with Crippen LogP contribution in [-0.2, 0) is 11.3 Å². The van der Waals surface area contributed by atoms with Crippen LogP contribution in [0.5, 0.6) is 0 Å². The fraction of sp³-hybridized carbons (Fsp3) is 0.250. The lowest BCUT2D eigenvalue weighted by Crippen LogP contribution is -2.23. The summed E-state index contributed by atoms with van der Waals surface area (Å²) in [6.45, 7) is 2.66. The van der Waals surface area contributed by atoms with Gasteiger partial charge in [0.15, 0.2) is 0 Å². The topological polar surface area (TPSA) is 49.3 Å². The minimum atomic E-state index is -0.914. The van der Waals surface area contributed by atoms with Gasteiger partial charge in [-0.2, -0.15) is 0 Å². The number of hydrogen-bond donors (Lipinski definition) is 2. The molecule has 3 heteroatoms. The van der Waals surface area contributed by atoms with Crippen LogP contribution < -0.4 is 5.32 Å². The Morgan fingerprint density at radius 3 is 2.73 bits per heavy atom. The van der Waals surface area contributed by atoms with Gasteiger partial charge < -0.3 is 10.4 Å². The van der Waals surface area contributed by atoms with E-state index in [1.54, 1.807) is 6.08 Å². The van der Waals surface area contributed by atoms with Gasteiger partial charge in [-0.05, 0) is 12.5 Å². The minimum Gasteiger partial charge on any atom is -0.478 e. The van der Waals surface area contributed by atoms with Crippen molar-refractivity contribution in [1.82, 2.24) is 5.32 Å². The lowest BCUT2D eigenvalue weighted by molar-refractivity contribution is -0.131. The van der Waals surface area contributed by atoms with Gasteiger partial charge in [0, 0.05) is 18.7 Å². The number of carbonyl (C=O) groups is 1. The van der Waals surface area contributed by atoms with Crippen LogP contribution in [0.4, 0.5) is 0 Å². The Balaban J connectivity index is 2.34. The normalized spacial score (nSPS) is 12.9. The van der Waals surface area contributed by atoms with E-state index in [4.69, 9.17) is 5.11 Å². The van der Waals surface area contributed by atoms with E-state index in [9.17, 15) is 4.79 Å². The standard InChI is InChI=1S/C12H15NO2/c1-10(7-8-12(14)15)13-9-11-5-3-2-4-6-11/h2-8,10,13H,9H2,1H3,(H,14,15)/t10-/m0/s1. The molecule has 1 aromatic rings. The average molecular weight is 205 g/mol. The Bertz CT molecular complexity index is 333. The Hall–Kier alpha value is -1.61. The third-order valence-electron chi connectivity index (χ3n) is 2.00. The fourth-order valence-electron chi connectivity index (χ4n) is 1.17. The monoisotopic (exact) mass is 205 g/mol. The highest BCUT2D eigenvalue weighted by Crippen LogP contribution is 1.98. The predicted molar refractivity (Wildman–Crippen MR) is 59.5 cm³/mol. The first-order chi connectivity index (χ1) is 7.18. The fourth-order valence-corrected chi connectivity index (χ4v) is 1.17. The number of hydrogen-bond acceptors (Lipinski definition) is 2. The number of aliphatic carboxylic acids is 1. The molecule has 1 rings (SSSR count). The lowest BCUT2D eigenvalue weighted by atomic mass is 10.2. The summed E-state index contributed by atoms with van der Waals surface area (Å²) in [5.41, 5.74) is 1.19. The van der Waals surface area contributed by atoms with Crippen LogP contribution >= 0.6 is 0 Å². The van der Waals surface area contributed by atoms with Gasteiger partial charge in [0.1, 0.15) is 0 Å². The summed E-state index contributed by atoms with van der Waals surface area (Å²) >= 11 is 0. The summed E-state index contributed by atoms with van der Waals surface area (Å²) in [5.74, 6) is -0.914. The van der Waals surface area contributed by atoms with Crippen molar-refractivity contribution < 1.29 is 9.90 Å². The Morgan fingerprint density at radius 2 is 2.13 bits per heavy atom. The van der Waals surface area contributed by atoms with Gasteiger partial charge in [-0.25, -0.2) is 4.79 Å². The zero-order valence-corrected chi connectivity index (χ0v) is 8.68. The number of benzene rings is 1. The molecule has 0 aliphatic heterocycles. The maximum absolute atomic E-state index is 10.3. The molecule has 0 aromatic heterocycles. The number of carboxylic acid groups (broad SMARTS) is 1. The highest BCUT2D eigenvalue weighted by atomic mass is 16.4. The molecule has 15 heavy (non-hydrogen) atoms. The molecule has 2 N–H and O–H groups in total. The number of rotatable bonds is 5. The summed E-state index contributed by atoms with van der Waals surface area (Å²) in [7, 11) is 0. The molecule has 0 saturated carbocycles. The molecule has 0 amide bonds. The van der Waals surface area contributed by atoms with Crippen molar-refractivity contribution in [2.24, 2.45) is 0 Å². The SMILES string of the molecule is C[C@@H](C=CC(=O)O)NCc1ccccc1. The molecule has 0 spiro atoms. The number of nitrogens with one attached hydrogen (secondary N) is 1. The third-order valence-corrected chi connectivity index (χ3v) is 2.00. The smallest absolute Gasteiger partial charge is 0.328 e. The molecule has 1 aromatic carbocycles. The summed E-state index contributed by atoms with van der Waals surface area (Å²) in [4.78, 5) is 10.3. The molecule has 0 bridgehead atoms. The third kappa shape index (κ3) is 4.98. The van der Waals surface area contributed by atoms with Crippen molar-refractivity contribution >= 4 is 5.97 Å². The van der Waals surface area contributed by atoms with Gasteiger partial charge in [-0.1, -0.05) is 36.4 Å². The molecular formula is C12H15NO2. The van der Waals surface area contributed by atoms with Crippen molar-refractivity contribution in [3.05, 3.63) is 48.0 Å². The Morgan fingerprint density at radius 1 is 1.47 bits per heavy atom. The molecule has 1 atom stereocenters. The predicted octanol–water partition coefficient (Wildman–Crippen LogP) is 1.81. The van der Waals surface area contributed by atoms with Gasteiger partial charge in [-0.15, -0.1) is 0 Å². The average Bonchev–Trinajstić information content (AvgIpc) is 2.25. The van der Waals surface area contributed by atoms with Gasteiger partial charge >= 0.3 is 5.97 Å². The van der Waals surface area contributed by atoms with E-state index in [2.05, 4.69) is 5.32 Å². The molecule has 0 aliphatic rings. The van der Waals surface area contributed by atoms with Gasteiger partial charge in [0.25, 0.3) is 0 Å². The van der Waals surface area contributed by atoms with Gasteiger partial charge in [0.05, 0.1) is 0 Å². The molecule has 0 aliphatic carbocycles. The van der Waals surface area contributed by atoms with E-state index in [1.807, 2.05) is 37.3 Å². The van der Waals surface area contributed by atoms with Gasteiger partial charge in [-0.3, -0.25) is 0 Å². The van der Waals surface area contributed by atoms with Crippen LogP contribution in [0.25, 0.3) is 0 Å². The Labute approximate surface area is 89.4 Å². The summed E-state index contributed by atoms with van der Waals surface area (Å²) < 4.78 is 0. The van der Waals surface area contributed by atoms with Crippen molar-refractivity contribution in [3.8, 4) is 0 Å². The molecule has 0 fully saturated rings. The second-order valence-electron chi connectivity index (χ2n) is 3.35. The maximum Gasteiger partial charge on any atom is 0.328 e. The van der Waals surface area contributed by atoms with E-state index < -0.39 is 5.97 Å². The van der Waals surface area contributed by atoms with Crippen LogP contribution in [0, 0.1) is 0 Å². The van der Waals surface area contributed by atoms with Crippen LogP contribution in [0.15, 0.2) is 42.5 Å². The molecule has 0 radical (unpaired) electrons. The van der Waals surface area contributed by atoms with Crippen molar-refractivity contribution in [2.75, 3.05) is 0 Å². The van der Waals surface area contributed by atoms with Crippen LogP contribution in [0.1, 0.15) is 12.5 Å². The highest BCUT2D eigenvalue weighted by Gasteiger charge is 1.97. The van der Waals surface area contributed by atoms with E-state index in [-0.39, 0.29) is 6.04 Å². The van der Waals surface area contributed by atoms with Crippen molar-refractivity contribution in [1.29, 1.82) is 0 Å². The Kier molecular flexibility index (Phi) is 4.57. The first-order valence-corrected chi connectivity index (χ1v) is 4.87. The minimum absolute atomic E-state index is 0.0568. The van der Waals surface area contributed by atoms with E-state index in [1.165, 1.54) is 5.56 Å². The summed E-state index contributed by atoms with van der Waals surface area (Å²) in [6.07, 6.45) is 2.79. The highest BCUT2D eigenvalue weighted by molar-refractivity contribution is 5.79. The van der Waals surface area contributed by atoms with E-state index >= 15 is 0 Å². The van der Waals surface area contributed by atoms with Crippen molar-refractivity contribution in [2.45, 2.75) is 19.5 Å². The molecule has 0 heterocycles. The largest absolute Gasteiger partial charge is 0.478 e. The first-order valence-electron chi connectivity index (χ1n) is 4.87. The summed E-state index contributed by atoms with van der Waals surface area (Å²) in [6, 6.07) is 10.0.